The molecular weight excluding hydrogens is 521 g/mol. The topological polar surface area (TPSA) is 74.4 Å². The van der Waals surface area contributed by atoms with Gasteiger partial charge in [0.1, 0.15) is 5.69 Å². The number of benzene rings is 2. The zero-order chi connectivity index (χ0) is 22.4. The third kappa shape index (κ3) is 6.77. The highest BCUT2D eigenvalue weighted by Crippen LogP contribution is 2.22. The Labute approximate surface area is 205 Å². The van der Waals surface area contributed by atoms with Crippen molar-refractivity contribution in [2.75, 3.05) is 27.7 Å². The van der Waals surface area contributed by atoms with Crippen LogP contribution in [0.4, 0.5) is 11.4 Å². The van der Waals surface area contributed by atoms with Gasteiger partial charge in [-0.2, -0.15) is 0 Å². The monoisotopic (exact) mass is 551 g/mol. The minimum atomic E-state index is -0.371. The highest BCUT2D eigenvalue weighted by Gasteiger charge is 2.14. The molecule has 0 amide bonds. The molecule has 2 aromatic carbocycles. The fourth-order valence-corrected chi connectivity index (χ4v) is 3.53. The number of fused-ring (bicyclic) bond motifs is 1. The number of hydrogen-bond donors (Lipinski definition) is 0. The van der Waals surface area contributed by atoms with Crippen LogP contribution in [0.25, 0.3) is 10.9 Å². The summed E-state index contributed by atoms with van der Waals surface area (Å²) in [6.07, 6.45) is 5.82. The molecule has 0 bridgehead atoms. The minimum absolute atomic E-state index is 0. The van der Waals surface area contributed by atoms with Gasteiger partial charge in [0.05, 0.1) is 38.2 Å². The van der Waals surface area contributed by atoms with E-state index in [4.69, 9.17) is 4.74 Å². The first-order valence-electron chi connectivity index (χ1n) is 10.6. The van der Waals surface area contributed by atoms with E-state index < -0.39 is 0 Å². The highest BCUT2D eigenvalue weighted by atomic mass is 127. The summed E-state index contributed by atoms with van der Waals surface area (Å²) in [4.78, 5) is 22.7. The van der Waals surface area contributed by atoms with Gasteiger partial charge in [-0.05, 0) is 55.7 Å². The number of nitro benzene ring substituents is 1. The largest absolute Gasteiger partial charge is 1.00 e. The van der Waals surface area contributed by atoms with Crippen molar-refractivity contribution in [1.82, 2.24) is 9.05 Å². The molecule has 0 aliphatic carbocycles. The molecule has 0 spiro atoms. The summed E-state index contributed by atoms with van der Waals surface area (Å²) in [6, 6.07) is 14.4. The molecule has 0 saturated carbocycles. The molecule has 0 radical (unpaired) electrons. The molecule has 7 nitrogen and oxygen atoms in total. The van der Waals surface area contributed by atoms with Crippen molar-refractivity contribution in [3.63, 3.8) is 0 Å². The third-order valence-corrected chi connectivity index (χ3v) is 5.37. The Hall–Kier alpha value is -2.46. The van der Waals surface area contributed by atoms with E-state index in [2.05, 4.69) is 25.7 Å². The predicted octanol–water partition coefficient (Wildman–Crippen LogP) is 2.17. The van der Waals surface area contributed by atoms with E-state index in [1.54, 1.807) is 18.2 Å². The first-order valence-corrected chi connectivity index (χ1v) is 10.6. The van der Waals surface area contributed by atoms with Crippen LogP contribution in [0.2, 0.25) is 0 Å². The van der Waals surface area contributed by atoms with Crippen molar-refractivity contribution in [3.8, 4) is 0 Å². The SMILES string of the molecule is C[N+](C)(C)c1ccc(C(=O)OCCCCCCn2ccc3cc([N+](=O)[O-])ccc32)cc1.[I-]. The number of nitro groups is 1. The number of aryl methyl sites for hydroxylation is 1. The van der Waals surface area contributed by atoms with Crippen LogP contribution >= 0.6 is 0 Å². The lowest BCUT2D eigenvalue weighted by Crippen LogP contribution is -3.00. The summed E-state index contributed by atoms with van der Waals surface area (Å²) in [7, 11) is 6.24. The first kappa shape index (κ1) is 25.8. The second kappa shape index (κ2) is 11.4. The molecule has 0 atom stereocenters. The van der Waals surface area contributed by atoms with Gasteiger partial charge >= 0.3 is 5.97 Å². The maximum atomic E-state index is 12.2. The van der Waals surface area contributed by atoms with Gasteiger partial charge in [-0.15, -0.1) is 0 Å². The van der Waals surface area contributed by atoms with Gasteiger partial charge in [0.25, 0.3) is 5.69 Å². The van der Waals surface area contributed by atoms with E-state index in [9.17, 15) is 14.9 Å². The van der Waals surface area contributed by atoms with Crippen molar-refractivity contribution in [2.45, 2.75) is 32.2 Å². The van der Waals surface area contributed by atoms with E-state index in [0.717, 1.165) is 48.8 Å². The number of esters is 1. The maximum absolute atomic E-state index is 12.2. The Kier molecular flexibility index (Phi) is 9.21. The van der Waals surface area contributed by atoms with Crippen LogP contribution in [-0.2, 0) is 11.3 Å². The smallest absolute Gasteiger partial charge is 0.338 e. The maximum Gasteiger partial charge on any atom is 0.338 e. The van der Waals surface area contributed by atoms with Crippen molar-refractivity contribution in [1.29, 1.82) is 0 Å². The van der Waals surface area contributed by atoms with E-state index >= 15 is 0 Å². The zero-order valence-corrected chi connectivity index (χ0v) is 20.9. The summed E-state index contributed by atoms with van der Waals surface area (Å²) >= 11 is 0. The lowest BCUT2D eigenvalue weighted by Gasteiger charge is -2.23. The van der Waals surface area contributed by atoms with Gasteiger partial charge in [-0.3, -0.25) is 14.6 Å². The first-order chi connectivity index (χ1) is 14.8. The highest BCUT2D eigenvalue weighted by molar-refractivity contribution is 5.89. The average molecular weight is 551 g/mol. The molecule has 8 heteroatoms. The van der Waals surface area contributed by atoms with Crippen LogP contribution in [0.5, 0.6) is 0 Å². The lowest BCUT2D eigenvalue weighted by molar-refractivity contribution is -0.384. The van der Waals surface area contributed by atoms with Gasteiger partial charge in [-0.25, -0.2) is 4.79 Å². The van der Waals surface area contributed by atoms with Crippen molar-refractivity contribution < 1.29 is 38.4 Å². The molecule has 172 valence electrons. The molecular formula is C24H30IN3O4. The van der Waals surface area contributed by atoms with Gasteiger partial charge in [0.15, 0.2) is 0 Å². The molecule has 3 aromatic rings. The van der Waals surface area contributed by atoms with Crippen molar-refractivity contribution in [2.24, 2.45) is 0 Å². The normalized spacial score (nSPS) is 11.2. The number of carbonyl (C=O) groups excluding carboxylic acids is 1. The summed E-state index contributed by atoms with van der Waals surface area (Å²) < 4.78 is 8.22. The number of non-ortho nitro benzene ring substituents is 1. The summed E-state index contributed by atoms with van der Waals surface area (Å²) in [5, 5.41) is 11.8. The number of hydrogen-bond acceptors (Lipinski definition) is 4. The van der Waals surface area contributed by atoms with Crippen LogP contribution in [0.3, 0.4) is 0 Å². The molecule has 1 heterocycles. The Bertz CT molecular complexity index is 1060. The fraction of sp³-hybridized carbons (Fsp3) is 0.375. The molecule has 0 aliphatic heterocycles. The Morgan fingerprint density at radius 1 is 1.00 bits per heavy atom. The van der Waals surface area contributed by atoms with Crippen molar-refractivity contribution in [3.05, 3.63) is 70.4 Å². The van der Waals surface area contributed by atoms with E-state index in [1.807, 2.05) is 36.5 Å². The number of unbranched alkanes of at least 4 members (excludes halogenated alkanes) is 3. The van der Waals surface area contributed by atoms with Crippen LogP contribution in [0.15, 0.2) is 54.7 Å². The van der Waals surface area contributed by atoms with E-state index in [1.165, 1.54) is 0 Å². The van der Waals surface area contributed by atoms with Gasteiger partial charge in [0, 0.05) is 35.8 Å². The Balaban J connectivity index is 0.00000363. The lowest BCUT2D eigenvalue weighted by atomic mass is 10.2. The molecule has 3 rings (SSSR count). The number of nitrogens with zero attached hydrogens (tertiary/aromatic N) is 3. The molecule has 0 N–H and O–H groups in total. The molecule has 0 aliphatic rings. The van der Waals surface area contributed by atoms with E-state index in [-0.39, 0.29) is 40.6 Å². The summed E-state index contributed by atoms with van der Waals surface area (Å²) in [5.41, 5.74) is 2.84. The number of quaternary nitrogens is 1. The number of aromatic nitrogens is 1. The second-order valence-electron chi connectivity index (χ2n) is 8.62. The second-order valence-corrected chi connectivity index (χ2v) is 8.62. The number of halogens is 1. The van der Waals surface area contributed by atoms with E-state index in [0.29, 0.717) is 16.7 Å². The van der Waals surface area contributed by atoms with Crippen LogP contribution in [-0.4, -0.2) is 43.2 Å². The number of rotatable bonds is 10. The molecule has 0 unspecified atom stereocenters. The number of carbonyl (C=O) groups is 1. The van der Waals surface area contributed by atoms with Gasteiger partial charge < -0.3 is 33.3 Å². The van der Waals surface area contributed by atoms with Crippen LogP contribution in [0.1, 0.15) is 36.0 Å². The number of ether oxygens (including phenoxy) is 1. The van der Waals surface area contributed by atoms with Crippen LogP contribution < -0.4 is 28.5 Å². The van der Waals surface area contributed by atoms with Gasteiger partial charge in [-0.1, -0.05) is 6.42 Å². The Morgan fingerprint density at radius 3 is 2.34 bits per heavy atom. The summed E-state index contributed by atoms with van der Waals surface area (Å²) in [6.45, 7) is 1.28. The Morgan fingerprint density at radius 2 is 1.69 bits per heavy atom. The summed E-state index contributed by atoms with van der Waals surface area (Å²) in [5.74, 6) is -0.277. The van der Waals surface area contributed by atoms with Crippen LogP contribution in [0, 0.1) is 10.1 Å². The fourth-order valence-electron chi connectivity index (χ4n) is 3.53. The minimum Gasteiger partial charge on any atom is -1.00 e. The predicted molar refractivity (Wildman–Crippen MR) is 123 cm³/mol. The van der Waals surface area contributed by atoms with Gasteiger partial charge in [0.2, 0.25) is 0 Å². The third-order valence-electron chi connectivity index (χ3n) is 5.37. The standard InChI is InChI=1S/C24H30N3O4.HI/c1-27(2,3)22-11-8-19(9-12-22)24(28)31-17-7-5-4-6-15-25-16-14-20-18-21(26(29)30)10-13-23(20)25;/h8-14,16,18H,4-7,15,17H2,1-3H3;1H/q+1;/p-1. The molecule has 0 saturated heterocycles. The quantitative estimate of drug-likeness (QED) is 0.0968. The average Bonchev–Trinajstić information content (AvgIpc) is 3.14. The molecule has 32 heavy (non-hydrogen) atoms. The van der Waals surface area contributed by atoms with Crippen molar-refractivity contribution >= 4 is 28.2 Å². The molecule has 0 fully saturated rings. The zero-order valence-electron chi connectivity index (χ0n) is 18.8. The molecule has 1 aromatic heterocycles.